The van der Waals surface area contributed by atoms with Gasteiger partial charge in [-0.3, -0.25) is 9.59 Å². The fourth-order valence-electron chi connectivity index (χ4n) is 4.82. The Morgan fingerprint density at radius 2 is 1.79 bits per heavy atom. The van der Waals surface area contributed by atoms with E-state index in [1.54, 1.807) is 42.5 Å². The second-order valence-corrected chi connectivity index (χ2v) is 9.12. The molecular weight excluding hydrogens is 500 g/mol. The lowest BCUT2D eigenvalue weighted by Gasteiger charge is -2.28. The SMILES string of the molecule is C=CCOc1ccc([C@@H]2C(=C(O)c3ccc4c(c3)OCCO4)C(=O)C(=O)N2CCN(CC)CC)cc1OCC. The molecule has 208 valence electrons. The number of likely N-dealkylation sites (tertiary alicyclic amines) is 1. The Kier molecular flexibility index (Phi) is 9.14. The predicted octanol–water partition coefficient (Wildman–Crippen LogP) is 4.18. The number of rotatable bonds is 12. The smallest absolute Gasteiger partial charge is 0.295 e. The maximum atomic E-state index is 13.5. The van der Waals surface area contributed by atoms with Crippen LogP contribution in [-0.4, -0.2) is 79.2 Å². The van der Waals surface area contributed by atoms with Gasteiger partial charge >= 0.3 is 0 Å². The molecule has 2 aliphatic heterocycles. The number of likely N-dealkylation sites (N-methyl/N-ethyl adjacent to an activating group) is 1. The number of benzene rings is 2. The maximum Gasteiger partial charge on any atom is 0.295 e. The van der Waals surface area contributed by atoms with Crippen LogP contribution >= 0.6 is 0 Å². The van der Waals surface area contributed by atoms with Crippen LogP contribution in [0.25, 0.3) is 5.76 Å². The van der Waals surface area contributed by atoms with E-state index in [1.807, 2.05) is 20.8 Å². The van der Waals surface area contributed by atoms with Gasteiger partial charge < -0.3 is 33.9 Å². The summed E-state index contributed by atoms with van der Waals surface area (Å²) in [5.74, 6) is 0.363. The lowest BCUT2D eigenvalue weighted by molar-refractivity contribution is -0.140. The van der Waals surface area contributed by atoms with E-state index in [2.05, 4.69) is 11.5 Å². The van der Waals surface area contributed by atoms with Gasteiger partial charge in [0.1, 0.15) is 25.6 Å². The fraction of sp³-hybridized carbons (Fsp3) is 0.400. The highest BCUT2D eigenvalue weighted by atomic mass is 16.6. The molecule has 1 saturated heterocycles. The average Bonchev–Trinajstić information content (AvgIpc) is 3.21. The normalized spacial score (nSPS) is 17.9. The summed E-state index contributed by atoms with van der Waals surface area (Å²) in [5.41, 5.74) is 1.00. The molecule has 2 aromatic rings. The highest BCUT2D eigenvalue weighted by molar-refractivity contribution is 6.46. The van der Waals surface area contributed by atoms with Crippen molar-refractivity contribution >= 4 is 17.4 Å². The molecule has 4 rings (SSSR count). The molecule has 1 amide bonds. The zero-order valence-corrected chi connectivity index (χ0v) is 22.8. The van der Waals surface area contributed by atoms with Gasteiger partial charge in [-0.2, -0.15) is 0 Å². The molecule has 1 atom stereocenters. The highest BCUT2D eigenvalue weighted by Gasteiger charge is 2.46. The van der Waals surface area contributed by atoms with Crippen LogP contribution in [-0.2, 0) is 9.59 Å². The second kappa shape index (κ2) is 12.7. The number of carbonyl (C=O) groups is 2. The molecule has 39 heavy (non-hydrogen) atoms. The van der Waals surface area contributed by atoms with Crippen LogP contribution in [0.15, 0.2) is 54.6 Å². The fourth-order valence-corrected chi connectivity index (χ4v) is 4.82. The third-order valence-corrected chi connectivity index (χ3v) is 6.85. The number of hydrogen-bond acceptors (Lipinski definition) is 8. The lowest BCUT2D eigenvalue weighted by Crippen LogP contribution is -2.38. The van der Waals surface area contributed by atoms with Crippen molar-refractivity contribution < 1.29 is 33.6 Å². The van der Waals surface area contributed by atoms with Crippen LogP contribution in [0.2, 0.25) is 0 Å². The number of ether oxygens (including phenoxy) is 4. The van der Waals surface area contributed by atoms with E-state index in [-0.39, 0.29) is 11.3 Å². The van der Waals surface area contributed by atoms with Crippen molar-refractivity contribution in [1.29, 1.82) is 0 Å². The molecule has 9 heteroatoms. The zero-order valence-electron chi connectivity index (χ0n) is 22.8. The summed E-state index contributed by atoms with van der Waals surface area (Å²) < 4.78 is 22.8. The van der Waals surface area contributed by atoms with E-state index in [4.69, 9.17) is 18.9 Å². The first kappa shape index (κ1) is 28.0. The van der Waals surface area contributed by atoms with Gasteiger partial charge in [0.05, 0.1) is 18.2 Å². The summed E-state index contributed by atoms with van der Waals surface area (Å²) in [4.78, 5) is 30.5. The van der Waals surface area contributed by atoms with Crippen molar-refractivity contribution in [1.82, 2.24) is 9.80 Å². The summed E-state index contributed by atoms with van der Waals surface area (Å²) in [7, 11) is 0. The average molecular weight is 537 g/mol. The van der Waals surface area contributed by atoms with Crippen molar-refractivity contribution in [3.05, 3.63) is 65.8 Å². The first-order chi connectivity index (χ1) is 18.9. The Balaban J connectivity index is 1.82. The van der Waals surface area contributed by atoms with Crippen LogP contribution in [0, 0.1) is 0 Å². The molecular formula is C30H36N2O7. The molecule has 0 aliphatic carbocycles. The Bertz CT molecular complexity index is 1250. The minimum absolute atomic E-state index is 0.0124. The second-order valence-electron chi connectivity index (χ2n) is 9.12. The first-order valence-corrected chi connectivity index (χ1v) is 13.3. The number of amides is 1. The number of nitrogens with zero attached hydrogens (tertiary/aromatic N) is 2. The Morgan fingerprint density at radius 1 is 1.05 bits per heavy atom. The van der Waals surface area contributed by atoms with Gasteiger partial charge in [-0.15, -0.1) is 0 Å². The summed E-state index contributed by atoms with van der Waals surface area (Å²) in [6.07, 6.45) is 1.64. The van der Waals surface area contributed by atoms with Gasteiger partial charge in [-0.25, -0.2) is 0 Å². The molecule has 0 radical (unpaired) electrons. The highest BCUT2D eigenvalue weighted by Crippen LogP contribution is 2.43. The standard InChI is InChI=1S/C30H36N2O7/c1-5-15-37-22-11-9-20(18-24(22)36-8-4)27-26(29(34)30(35)32(27)14-13-31(6-2)7-3)28(33)21-10-12-23-25(19-21)39-17-16-38-23/h5,9-12,18-19,27,33H,1,6-8,13-17H2,2-4H3/t27-/m1/s1. The number of carbonyl (C=O) groups excluding carboxylic acids is 2. The van der Waals surface area contributed by atoms with E-state index in [0.717, 1.165) is 13.1 Å². The van der Waals surface area contributed by atoms with Crippen molar-refractivity contribution in [2.24, 2.45) is 0 Å². The largest absolute Gasteiger partial charge is 0.507 e. The molecule has 1 N–H and O–H groups in total. The van der Waals surface area contributed by atoms with E-state index < -0.39 is 17.7 Å². The topological polar surface area (TPSA) is 97.8 Å². The van der Waals surface area contributed by atoms with E-state index >= 15 is 0 Å². The third-order valence-electron chi connectivity index (χ3n) is 6.85. The lowest BCUT2D eigenvalue weighted by atomic mass is 9.94. The Labute approximate surface area is 229 Å². The van der Waals surface area contributed by atoms with Crippen LogP contribution < -0.4 is 18.9 Å². The Hall–Kier alpha value is -3.98. The number of aliphatic hydroxyl groups is 1. The van der Waals surface area contributed by atoms with Gasteiger partial charge in [0.15, 0.2) is 23.0 Å². The van der Waals surface area contributed by atoms with Crippen LogP contribution in [0.5, 0.6) is 23.0 Å². The van der Waals surface area contributed by atoms with Gasteiger partial charge in [-0.05, 0) is 55.9 Å². The molecule has 1 fully saturated rings. The molecule has 0 aromatic heterocycles. The zero-order chi connectivity index (χ0) is 27.9. The molecule has 0 spiro atoms. The summed E-state index contributed by atoms with van der Waals surface area (Å²) in [5, 5.41) is 11.5. The molecule has 0 unspecified atom stereocenters. The Morgan fingerprint density at radius 3 is 2.49 bits per heavy atom. The first-order valence-electron chi connectivity index (χ1n) is 13.3. The number of fused-ring (bicyclic) bond motifs is 1. The number of aliphatic hydroxyl groups excluding tert-OH is 1. The van der Waals surface area contributed by atoms with E-state index in [1.165, 1.54) is 4.90 Å². The maximum absolute atomic E-state index is 13.5. The summed E-state index contributed by atoms with van der Waals surface area (Å²) in [6, 6.07) is 9.45. The van der Waals surface area contributed by atoms with E-state index in [0.29, 0.717) is 73.6 Å². The molecule has 2 aromatic carbocycles. The van der Waals surface area contributed by atoms with Gasteiger partial charge in [0, 0.05) is 18.7 Å². The van der Waals surface area contributed by atoms with Gasteiger partial charge in [-0.1, -0.05) is 32.6 Å². The number of ketones is 1. The molecule has 0 saturated carbocycles. The number of hydrogen-bond donors (Lipinski definition) is 1. The number of Topliss-reactive ketones (excluding diaryl/α,β-unsaturated/α-hetero) is 1. The molecule has 2 heterocycles. The quantitative estimate of drug-likeness (QED) is 0.187. The monoisotopic (exact) mass is 536 g/mol. The third kappa shape index (κ3) is 5.88. The predicted molar refractivity (Wildman–Crippen MR) is 148 cm³/mol. The van der Waals surface area contributed by atoms with Crippen molar-refractivity contribution in [3.8, 4) is 23.0 Å². The van der Waals surface area contributed by atoms with Crippen molar-refractivity contribution in [2.75, 3.05) is 52.6 Å². The van der Waals surface area contributed by atoms with Crippen molar-refractivity contribution in [3.63, 3.8) is 0 Å². The summed E-state index contributed by atoms with van der Waals surface area (Å²) >= 11 is 0. The van der Waals surface area contributed by atoms with Crippen molar-refractivity contribution in [2.45, 2.75) is 26.8 Å². The minimum Gasteiger partial charge on any atom is -0.507 e. The van der Waals surface area contributed by atoms with Crippen LogP contribution in [0.1, 0.15) is 37.9 Å². The van der Waals surface area contributed by atoms with Crippen LogP contribution in [0.3, 0.4) is 0 Å². The molecule has 0 bridgehead atoms. The minimum atomic E-state index is -0.818. The van der Waals surface area contributed by atoms with Gasteiger partial charge in [0.2, 0.25) is 0 Å². The van der Waals surface area contributed by atoms with E-state index in [9.17, 15) is 14.7 Å². The molecule has 2 aliphatic rings. The summed E-state index contributed by atoms with van der Waals surface area (Å²) in [6.45, 7) is 13.7. The molecule has 9 nitrogen and oxygen atoms in total. The van der Waals surface area contributed by atoms with Gasteiger partial charge in [0.25, 0.3) is 11.7 Å². The van der Waals surface area contributed by atoms with Crippen LogP contribution in [0.4, 0.5) is 0 Å².